The second-order valence-electron chi connectivity index (χ2n) is 4.65. The summed E-state index contributed by atoms with van der Waals surface area (Å²) in [6, 6.07) is 5.30. The third kappa shape index (κ3) is 5.00. The highest BCUT2D eigenvalue weighted by atomic mass is 35.5. The van der Waals surface area contributed by atoms with Crippen molar-refractivity contribution in [2.75, 3.05) is 29.2 Å². The van der Waals surface area contributed by atoms with Crippen LogP contribution in [0.25, 0.3) is 0 Å². The quantitative estimate of drug-likeness (QED) is 0.532. The molecule has 0 radical (unpaired) electrons. The first-order chi connectivity index (χ1) is 12.5. The number of urea groups is 1. The number of aromatic nitrogens is 3. The largest absolute Gasteiger partial charge is 0.490 e. The second kappa shape index (κ2) is 9.27. The number of amides is 2. The Morgan fingerprint density at radius 3 is 2.73 bits per heavy atom. The summed E-state index contributed by atoms with van der Waals surface area (Å²) >= 11 is 2.92. The SMILES string of the molecule is COc1nc(C)nc(NC(=O)N(c2ccccc2OCCCl)S(=O)O)n1. The minimum Gasteiger partial charge on any atom is -0.490 e. The molecule has 0 aliphatic heterocycles. The van der Waals surface area contributed by atoms with Gasteiger partial charge >= 0.3 is 12.0 Å². The molecule has 140 valence electrons. The summed E-state index contributed by atoms with van der Waals surface area (Å²) in [5, 5.41) is 2.33. The predicted molar refractivity (Wildman–Crippen MR) is 96.0 cm³/mol. The van der Waals surface area contributed by atoms with Crippen LogP contribution in [0.4, 0.5) is 16.4 Å². The molecule has 10 nitrogen and oxygen atoms in total. The monoisotopic (exact) mass is 401 g/mol. The Kier molecular flexibility index (Phi) is 7.06. The molecule has 2 amide bonds. The molecule has 12 heteroatoms. The minimum absolute atomic E-state index is 0.00434. The van der Waals surface area contributed by atoms with Gasteiger partial charge in [0.15, 0.2) is 0 Å². The normalized spacial score (nSPS) is 11.5. The number of carbonyl (C=O) groups excluding carboxylic acids is 1. The number of anilines is 2. The maximum atomic E-state index is 12.5. The maximum Gasteiger partial charge on any atom is 0.342 e. The minimum atomic E-state index is -2.68. The number of carbonyl (C=O) groups is 1. The number of halogens is 1. The van der Waals surface area contributed by atoms with E-state index in [1.165, 1.54) is 13.2 Å². The topological polar surface area (TPSA) is 127 Å². The van der Waals surface area contributed by atoms with Gasteiger partial charge in [-0.1, -0.05) is 12.1 Å². The predicted octanol–water partition coefficient (Wildman–Crippen LogP) is 1.98. The fourth-order valence-electron chi connectivity index (χ4n) is 1.91. The van der Waals surface area contributed by atoms with Crippen LogP contribution in [0.2, 0.25) is 0 Å². The summed E-state index contributed by atoms with van der Waals surface area (Å²) < 4.78 is 32.3. The highest BCUT2D eigenvalue weighted by Gasteiger charge is 2.25. The smallest absolute Gasteiger partial charge is 0.342 e. The number of nitrogens with one attached hydrogen (secondary N) is 1. The van der Waals surface area contributed by atoms with Crippen LogP contribution in [0.3, 0.4) is 0 Å². The number of hydrogen-bond donors (Lipinski definition) is 2. The van der Waals surface area contributed by atoms with Crippen molar-refractivity contribution in [3.63, 3.8) is 0 Å². The molecular weight excluding hydrogens is 386 g/mol. The number of rotatable bonds is 7. The molecule has 0 saturated carbocycles. The summed E-state index contributed by atoms with van der Waals surface area (Å²) in [6.45, 7) is 1.74. The molecule has 1 unspecified atom stereocenters. The molecule has 1 heterocycles. The van der Waals surface area contributed by atoms with Gasteiger partial charge in [0.2, 0.25) is 5.95 Å². The van der Waals surface area contributed by atoms with E-state index in [1.807, 2.05) is 0 Å². The Balaban J connectivity index is 2.32. The van der Waals surface area contributed by atoms with E-state index < -0.39 is 17.3 Å². The van der Waals surface area contributed by atoms with Gasteiger partial charge in [0.25, 0.3) is 11.3 Å². The lowest BCUT2D eigenvalue weighted by atomic mass is 10.3. The zero-order valence-electron chi connectivity index (χ0n) is 13.9. The van der Waals surface area contributed by atoms with Crippen LogP contribution in [-0.2, 0) is 11.3 Å². The molecule has 1 aromatic heterocycles. The first kappa shape index (κ1) is 19.8. The van der Waals surface area contributed by atoms with E-state index in [0.29, 0.717) is 10.1 Å². The Labute approximate surface area is 156 Å². The van der Waals surface area contributed by atoms with Crippen molar-refractivity contribution in [3.8, 4) is 11.8 Å². The van der Waals surface area contributed by atoms with Gasteiger partial charge in [-0.25, -0.2) is 9.00 Å². The third-order valence-electron chi connectivity index (χ3n) is 2.89. The first-order valence-corrected chi connectivity index (χ1v) is 8.82. The van der Waals surface area contributed by atoms with Crippen LogP contribution >= 0.6 is 11.6 Å². The van der Waals surface area contributed by atoms with Crippen LogP contribution in [0, 0.1) is 6.92 Å². The van der Waals surface area contributed by atoms with Crippen molar-refractivity contribution in [1.29, 1.82) is 0 Å². The molecule has 2 rings (SSSR count). The maximum absolute atomic E-state index is 12.5. The van der Waals surface area contributed by atoms with E-state index >= 15 is 0 Å². The number of aryl methyl sites for hydroxylation is 1. The van der Waals surface area contributed by atoms with Gasteiger partial charge in [-0.15, -0.1) is 11.6 Å². The van der Waals surface area contributed by atoms with Crippen molar-refractivity contribution in [1.82, 2.24) is 15.0 Å². The number of methoxy groups -OCH3 is 1. The van der Waals surface area contributed by atoms with Gasteiger partial charge in [0.1, 0.15) is 23.9 Å². The average molecular weight is 402 g/mol. The standard InChI is InChI=1S/C14H16ClN5O5S/c1-9-16-12(18-13(17-9)24-2)19-14(21)20(26(22)23)10-5-3-4-6-11(10)25-8-7-15/h3-6H,7-8H2,1-2H3,(H,22,23)(H,16,17,18,19,21). The number of nitrogens with zero attached hydrogens (tertiary/aromatic N) is 4. The molecule has 0 bridgehead atoms. The van der Waals surface area contributed by atoms with Crippen LogP contribution < -0.4 is 19.1 Å². The Bertz CT molecular complexity index is 809. The van der Waals surface area contributed by atoms with Gasteiger partial charge < -0.3 is 9.47 Å². The molecule has 2 N–H and O–H groups in total. The van der Waals surface area contributed by atoms with Crippen molar-refractivity contribution in [2.24, 2.45) is 0 Å². The van der Waals surface area contributed by atoms with Crippen LogP contribution in [-0.4, -0.2) is 49.3 Å². The van der Waals surface area contributed by atoms with Crippen LogP contribution in [0.5, 0.6) is 11.8 Å². The molecule has 0 saturated heterocycles. The Morgan fingerprint density at radius 2 is 2.08 bits per heavy atom. The highest BCUT2D eigenvalue weighted by Crippen LogP contribution is 2.29. The molecule has 1 aromatic carbocycles. The zero-order valence-corrected chi connectivity index (χ0v) is 15.5. The van der Waals surface area contributed by atoms with Crippen molar-refractivity contribution in [3.05, 3.63) is 30.1 Å². The highest BCUT2D eigenvalue weighted by molar-refractivity contribution is 7.81. The van der Waals surface area contributed by atoms with E-state index in [0.717, 1.165) is 0 Å². The molecule has 0 spiro atoms. The van der Waals surface area contributed by atoms with Gasteiger partial charge in [-0.3, -0.25) is 9.87 Å². The Hall–Kier alpha value is -2.50. The van der Waals surface area contributed by atoms with Gasteiger partial charge in [-0.05, 0) is 19.1 Å². The number of hydrogen-bond acceptors (Lipinski definition) is 7. The summed E-state index contributed by atoms with van der Waals surface area (Å²) in [4.78, 5) is 24.2. The fraction of sp³-hybridized carbons (Fsp3) is 0.286. The third-order valence-corrected chi connectivity index (χ3v) is 3.72. The molecular formula is C14H16ClN5O5S. The second-order valence-corrected chi connectivity index (χ2v) is 5.86. The summed E-state index contributed by atoms with van der Waals surface area (Å²) in [7, 11) is 1.36. The molecule has 0 fully saturated rings. The summed E-state index contributed by atoms with van der Waals surface area (Å²) in [6.07, 6.45) is 0. The Morgan fingerprint density at radius 1 is 1.35 bits per heavy atom. The molecule has 0 aliphatic carbocycles. The lowest BCUT2D eigenvalue weighted by Crippen LogP contribution is -2.37. The molecule has 26 heavy (non-hydrogen) atoms. The van der Waals surface area contributed by atoms with Crippen molar-refractivity contribution >= 4 is 40.5 Å². The summed E-state index contributed by atoms with van der Waals surface area (Å²) in [5.41, 5.74) is 0.0775. The van der Waals surface area contributed by atoms with Gasteiger partial charge in [0.05, 0.1) is 13.0 Å². The lowest BCUT2D eigenvalue weighted by molar-refractivity contribution is 0.259. The van der Waals surface area contributed by atoms with Crippen molar-refractivity contribution in [2.45, 2.75) is 6.92 Å². The van der Waals surface area contributed by atoms with E-state index in [4.69, 9.17) is 21.1 Å². The van der Waals surface area contributed by atoms with E-state index in [2.05, 4.69) is 20.3 Å². The van der Waals surface area contributed by atoms with Crippen molar-refractivity contribution < 1.29 is 23.0 Å². The number of benzene rings is 1. The van der Waals surface area contributed by atoms with Gasteiger partial charge in [-0.2, -0.15) is 19.3 Å². The van der Waals surface area contributed by atoms with E-state index in [9.17, 15) is 13.6 Å². The first-order valence-electron chi connectivity index (χ1n) is 7.22. The summed E-state index contributed by atoms with van der Waals surface area (Å²) in [5.74, 6) is 0.603. The lowest BCUT2D eigenvalue weighted by Gasteiger charge is -2.20. The van der Waals surface area contributed by atoms with Crippen LogP contribution in [0.15, 0.2) is 24.3 Å². The number of ether oxygens (including phenoxy) is 2. The fourth-order valence-corrected chi connectivity index (χ4v) is 2.49. The number of para-hydroxylation sites is 2. The molecule has 0 aliphatic rings. The van der Waals surface area contributed by atoms with Gasteiger partial charge in [0, 0.05) is 0 Å². The van der Waals surface area contributed by atoms with E-state index in [1.54, 1.807) is 25.1 Å². The average Bonchev–Trinajstić information content (AvgIpc) is 2.60. The molecule has 1 atom stereocenters. The zero-order chi connectivity index (χ0) is 19.1. The van der Waals surface area contributed by atoms with E-state index in [-0.39, 0.29) is 35.9 Å². The molecule has 2 aromatic rings. The number of alkyl halides is 1. The van der Waals surface area contributed by atoms with Crippen LogP contribution in [0.1, 0.15) is 5.82 Å².